The number of aromatic nitrogens is 4. The first-order valence-electron chi connectivity index (χ1n) is 7.98. The number of rotatable bonds is 4. The Hall–Kier alpha value is -2.11. The van der Waals surface area contributed by atoms with Crippen LogP contribution in [0.1, 0.15) is 41.4 Å². The molecule has 6 nitrogen and oxygen atoms in total. The zero-order valence-electron chi connectivity index (χ0n) is 13.2. The maximum absolute atomic E-state index is 12.6. The maximum Gasteiger partial charge on any atom is 0.257 e. The lowest BCUT2D eigenvalue weighted by atomic mass is 9.92. The van der Waals surface area contributed by atoms with Crippen LogP contribution in [-0.4, -0.2) is 43.9 Å². The van der Waals surface area contributed by atoms with E-state index in [1.807, 2.05) is 24.2 Å². The summed E-state index contributed by atoms with van der Waals surface area (Å²) >= 11 is 0. The molecule has 0 radical (unpaired) electrons. The molecule has 2 aromatic heterocycles. The van der Waals surface area contributed by atoms with Crippen molar-refractivity contribution in [2.75, 3.05) is 13.1 Å². The van der Waals surface area contributed by atoms with Gasteiger partial charge in [0.1, 0.15) is 0 Å². The van der Waals surface area contributed by atoms with Gasteiger partial charge in [-0.25, -0.2) is 0 Å². The Morgan fingerprint density at radius 1 is 1.45 bits per heavy atom. The highest BCUT2D eigenvalue weighted by Crippen LogP contribution is 2.22. The predicted octanol–water partition coefficient (Wildman–Crippen LogP) is 2.03. The monoisotopic (exact) mass is 301 g/mol. The molecule has 2 aromatic rings. The van der Waals surface area contributed by atoms with Gasteiger partial charge in [0.2, 0.25) is 0 Å². The number of aromatic amines is 1. The summed E-state index contributed by atoms with van der Waals surface area (Å²) in [6.07, 6.45) is 8.56. The molecule has 22 heavy (non-hydrogen) atoms. The van der Waals surface area contributed by atoms with E-state index in [9.17, 15) is 4.79 Å². The summed E-state index contributed by atoms with van der Waals surface area (Å²) < 4.78 is 1.79. The van der Waals surface area contributed by atoms with Crippen LogP contribution in [0.3, 0.4) is 0 Å². The van der Waals surface area contributed by atoms with Crippen molar-refractivity contribution < 1.29 is 4.79 Å². The van der Waals surface area contributed by atoms with Crippen molar-refractivity contribution in [3.63, 3.8) is 0 Å². The Bertz CT molecular complexity index is 645. The molecule has 3 heterocycles. The van der Waals surface area contributed by atoms with Gasteiger partial charge < -0.3 is 4.90 Å². The Kier molecular flexibility index (Phi) is 4.27. The highest BCUT2D eigenvalue weighted by atomic mass is 16.2. The Labute approximate surface area is 130 Å². The molecule has 6 heteroatoms. The first-order valence-corrected chi connectivity index (χ1v) is 7.98. The second-order valence-corrected chi connectivity index (χ2v) is 6.08. The van der Waals surface area contributed by atoms with E-state index in [1.165, 1.54) is 11.3 Å². The molecular formula is C16H23N5O. The minimum Gasteiger partial charge on any atom is -0.338 e. The molecule has 1 N–H and O–H groups in total. The molecule has 0 bridgehead atoms. The van der Waals surface area contributed by atoms with Crippen molar-refractivity contribution in [3.8, 4) is 0 Å². The van der Waals surface area contributed by atoms with E-state index in [0.717, 1.165) is 38.9 Å². The smallest absolute Gasteiger partial charge is 0.257 e. The number of H-pyrrole nitrogens is 1. The fourth-order valence-corrected chi connectivity index (χ4v) is 3.11. The molecule has 1 saturated heterocycles. The van der Waals surface area contributed by atoms with Crippen LogP contribution in [0.5, 0.6) is 0 Å². The first-order chi connectivity index (χ1) is 10.7. The highest BCUT2D eigenvalue weighted by Gasteiger charge is 2.26. The fraction of sp³-hybridized carbons (Fsp3) is 0.562. The van der Waals surface area contributed by atoms with E-state index >= 15 is 0 Å². The number of nitrogens with one attached hydrogen (secondary N) is 1. The summed E-state index contributed by atoms with van der Waals surface area (Å²) in [6, 6.07) is 0. The van der Waals surface area contributed by atoms with Crippen LogP contribution in [-0.2, 0) is 13.0 Å². The molecule has 0 spiro atoms. The highest BCUT2D eigenvalue weighted by molar-refractivity contribution is 5.93. The van der Waals surface area contributed by atoms with Gasteiger partial charge in [0.05, 0.1) is 18.0 Å². The third-order valence-corrected chi connectivity index (χ3v) is 4.44. The molecule has 118 valence electrons. The van der Waals surface area contributed by atoms with Crippen LogP contribution in [0, 0.1) is 12.8 Å². The second kappa shape index (κ2) is 6.34. The number of hydrogen-bond acceptors (Lipinski definition) is 3. The summed E-state index contributed by atoms with van der Waals surface area (Å²) in [5.74, 6) is 0.601. The van der Waals surface area contributed by atoms with Crippen LogP contribution in [0.4, 0.5) is 0 Å². The zero-order valence-corrected chi connectivity index (χ0v) is 13.2. The summed E-state index contributed by atoms with van der Waals surface area (Å²) in [4.78, 5) is 14.6. The van der Waals surface area contributed by atoms with Crippen molar-refractivity contribution >= 4 is 5.91 Å². The third-order valence-electron chi connectivity index (χ3n) is 4.44. The predicted molar refractivity (Wildman–Crippen MR) is 83.6 cm³/mol. The van der Waals surface area contributed by atoms with Crippen molar-refractivity contribution in [2.24, 2.45) is 5.92 Å². The lowest BCUT2D eigenvalue weighted by Crippen LogP contribution is -2.40. The van der Waals surface area contributed by atoms with Crippen LogP contribution >= 0.6 is 0 Å². The number of aryl methyl sites for hydroxylation is 2. The van der Waals surface area contributed by atoms with Crippen molar-refractivity contribution in [1.82, 2.24) is 24.9 Å². The fourth-order valence-electron chi connectivity index (χ4n) is 3.11. The SMILES string of the molecule is CCn1cc(C(=O)N2CCC[C@@H](Cc3[nH]ncc3C)C2)cn1. The van der Waals surface area contributed by atoms with Gasteiger partial charge in [0.25, 0.3) is 5.91 Å². The van der Waals surface area contributed by atoms with Gasteiger partial charge in [-0.3, -0.25) is 14.6 Å². The van der Waals surface area contributed by atoms with Crippen LogP contribution in [0.15, 0.2) is 18.6 Å². The average molecular weight is 301 g/mol. The number of carbonyl (C=O) groups is 1. The number of hydrogen-bond donors (Lipinski definition) is 1. The van der Waals surface area contributed by atoms with E-state index in [0.29, 0.717) is 11.5 Å². The van der Waals surface area contributed by atoms with Gasteiger partial charge in [0, 0.05) is 31.5 Å². The Morgan fingerprint density at radius 2 is 2.32 bits per heavy atom. The number of carbonyl (C=O) groups excluding carboxylic acids is 1. The maximum atomic E-state index is 12.6. The van der Waals surface area contributed by atoms with Crippen LogP contribution < -0.4 is 0 Å². The quantitative estimate of drug-likeness (QED) is 0.939. The Balaban J connectivity index is 1.65. The summed E-state index contributed by atoms with van der Waals surface area (Å²) in [7, 11) is 0. The van der Waals surface area contributed by atoms with Crippen LogP contribution in [0.2, 0.25) is 0 Å². The number of piperidine rings is 1. The van der Waals surface area contributed by atoms with E-state index < -0.39 is 0 Å². The minimum absolute atomic E-state index is 0.103. The molecule has 0 aliphatic carbocycles. The van der Waals surface area contributed by atoms with E-state index in [4.69, 9.17) is 0 Å². The number of nitrogens with zero attached hydrogens (tertiary/aromatic N) is 4. The Morgan fingerprint density at radius 3 is 3.00 bits per heavy atom. The van der Waals surface area contributed by atoms with E-state index in [1.54, 1.807) is 10.9 Å². The summed E-state index contributed by atoms with van der Waals surface area (Å²) in [5, 5.41) is 11.4. The van der Waals surface area contributed by atoms with Crippen molar-refractivity contribution in [3.05, 3.63) is 35.4 Å². The van der Waals surface area contributed by atoms with Crippen molar-refractivity contribution in [1.29, 1.82) is 0 Å². The molecule has 0 saturated carbocycles. The molecule has 3 rings (SSSR count). The molecule has 1 amide bonds. The molecule has 0 unspecified atom stereocenters. The third kappa shape index (κ3) is 3.05. The summed E-state index contributed by atoms with van der Waals surface area (Å²) in [6.45, 7) is 6.53. The molecule has 1 fully saturated rings. The number of likely N-dealkylation sites (tertiary alicyclic amines) is 1. The standard InChI is InChI=1S/C16H23N5O/c1-3-21-11-14(9-18-21)16(22)20-6-4-5-13(10-20)7-15-12(2)8-17-19-15/h8-9,11,13H,3-7,10H2,1-2H3,(H,17,19)/t13-/m0/s1. The van der Waals surface area contributed by atoms with Gasteiger partial charge in [-0.15, -0.1) is 0 Å². The van der Waals surface area contributed by atoms with E-state index in [-0.39, 0.29) is 5.91 Å². The van der Waals surface area contributed by atoms with Gasteiger partial charge in [-0.2, -0.15) is 10.2 Å². The average Bonchev–Trinajstić information content (AvgIpc) is 3.16. The first kappa shape index (κ1) is 14.8. The molecular weight excluding hydrogens is 278 g/mol. The lowest BCUT2D eigenvalue weighted by molar-refractivity contribution is 0.0672. The second-order valence-electron chi connectivity index (χ2n) is 6.08. The molecule has 0 aromatic carbocycles. The van der Waals surface area contributed by atoms with Gasteiger partial charge in [-0.1, -0.05) is 0 Å². The molecule has 1 atom stereocenters. The normalized spacial score (nSPS) is 18.6. The minimum atomic E-state index is 0.103. The van der Waals surface area contributed by atoms with Gasteiger partial charge in [0.15, 0.2) is 0 Å². The number of amides is 1. The van der Waals surface area contributed by atoms with Crippen LogP contribution in [0.25, 0.3) is 0 Å². The lowest BCUT2D eigenvalue weighted by Gasteiger charge is -2.32. The summed E-state index contributed by atoms with van der Waals surface area (Å²) in [5.41, 5.74) is 3.09. The molecule has 1 aliphatic rings. The van der Waals surface area contributed by atoms with Gasteiger partial charge >= 0.3 is 0 Å². The topological polar surface area (TPSA) is 66.8 Å². The largest absolute Gasteiger partial charge is 0.338 e. The van der Waals surface area contributed by atoms with E-state index in [2.05, 4.69) is 22.2 Å². The zero-order chi connectivity index (χ0) is 15.5. The molecule has 1 aliphatic heterocycles. The van der Waals surface area contributed by atoms with Crippen molar-refractivity contribution in [2.45, 2.75) is 39.7 Å². The van der Waals surface area contributed by atoms with Gasteiger partial charge in [-0.05, 0) is 44.6 Å².